The van der Waals surface area contributed by atoms with Crippen molar-refractivity contribution >= 4 is 24.0 Å². The van der Waals surface area contributed by atoms with Gasteiger partial charge in [0.1, 0.15) is 11.4 Å². The summed E-state index contributed by atoms with van der Waals surface area (Å²) < 4.78 is 6.03. The zero-order valence-corrected chi connectivity index (χ0v) is 15.9. The molecule has 0 saturated heterocycles. The molecule has 0 bridgehead atoms. The second-order valence-electron chi connectivity index (χ2n) is 7.21. The van der Waals surface area contributed by atoms with Crippen molar-refractivity contribution < 1.29 is 9.53 Å². The lowest BCUT2D eigenvalue weighted by Crippen LogP contribution is -2.41. The molecule has 2 aromatic rings. The van der Waals surface area contributed by atoms with Gasteiger partial charge in [0, 0.05) is 23.2 Å². The van der Waals surface area contributed by atoms with Crippen molar-refractivity contribution in [1.82, 2.24) is 5.32 Å². The first-order chi connectivity index (χ1) is 11.2. The molecule has 1 amide bonds. The van der Waals surface area contributed by atoms with E-state index in [4.69, 9.17) is 10.5 Å². The van der Waals surface area contributed by atoms with E-state index in [9.17, 15) is 4.79 Å². The van der Waals surface area contributed by atoms with Crippen molar-refractivity contribution in [3.63, 3.8) is 0 Å². The maximum Gasteiger partial charge on any atom is 0.252 e. The molecule has 0 radical (unpaired) electrons. The van der Waals surface area contributed by atoms with Crippen LogP contribution in [0.3, 0.4) is 0 Å². The predicted octanol–water partition coefficient (Wildman–Crippen LogP) is 4.34. The van der Waals surface area contributed by atoms with Gasteiger partial charge in [0.15, 0.2) is 0 Å². The van der Waals surface area contributed by atoms with Crippen molar-refractivity contribution in [2.75, 3.05) is 5.73 Å². The normalized spacial score (nSPS) is 17.7. The lowest BCUT2D eigenvalue weighted by Gasteiger charge is -2.38. The molecule has 134 valence electrons. The van der Waals surface area contributed by atoms with E-state index in [-0.39, 0.29) is 30.0 Å². The van der Waals surface area contributed by atoms with Gasteiger partial charge in [-0.25, -0.2) is 0 Å². The smallest absolute Gasteiger partial charge is 0.252 e. The van der Waals surface area contributed by atoms with Crippen molar-refractivity contribution in [1.29, 1.82) is 0 Å². The standard InChI is InChI=1S/C20H24N2O2.ClH/c1-12-5-6-13(2)15(9-12)19(23)22-17-11-20(3,4)24-18-8-7-14(21)10-16(17)18;/h5-10,17H,11,21H2,1-4H3,(H,22,23);1H. The van der Waals surface area contributed by atoms with Gasteiger partial charge in [0.2, 0.25) is 0 Å². The maximum atomic E-state index is 12.8. The van der Waals surface area contributed by atoms with Crippen molar-refractivity contribution in [3.8, 4) is 5.75 Å². The Bertz CT molecular complexity index is 802. The van der Waals surface area contributed by atoms with Gasteiger partial charge >= 0.3 is 0 Å². The van der Waals surface area contributed by atoms with Gasteiger partial charge in [-0.05, 0) is 57.5 Å². The fraction of sp³-hybridized carbons (Fsp3) is 0.350. The number of carbonyl (C=O) groups is 1. The number of carbonyl (C=O) groups excluding carboxylic acids is 1. The fourth-order valence-electron chi connectivity index (χ4n) is 3.22. The van der Waals surface area contributed by atoms with Gasteiger partial charge < -0.3 is 15.8 Å². The molecular weight excluding hydrogens is 336 g/mol. The van der Waals surface area contributed by atoms with Gasteiger partial charge in [-0.1, -0.05) is 17.7 Å². The number of nitrogen functional groups attached to an aromatic ring is 1. The quantitative estimate of drug-likeness (QED) is 0.783. The third-order valence-corrected chi connectivity index (χ3v) is 4.43. The Balaban J connectivity index is 0.00000225. The van der Waals surface area contributed by atoms with Crippen molar-refractivity contribution in [2.24, 2.45) is 0 Å². The number of amides is 1. The summed E-state index contributed by atoms with van der Waals surface area (Å²) in [5, 5.41) is 3.17. The molecule has 3 rings (SSSR count). The van der Waals surface area contributed by atoms with E-state index in [2.05, 4.69) is 5.32 Å². The average Bonchev–Trinajstić information content (AvgIpc) is 2.49. The van der Waals surface area contributed by atoms with Gasteiger partial charge in [-0.15, -0.1) is 12.4 Å². The molecule has 1 unspecified atom stereocenters. The number of anilines is 1. The SMILES string of the molecule is Cc1ccc(C)c(C(=O)NC2CC(C)(C)Oc3ccc(N)cc32)c1.Cl. The number of fused-ring (bicyclic) bond motifs is 1. The largest absolute Gasteiger partial charge is 0.487 e. The van der Waals surface area contributed by atoms with Crippen molar-refractivity contribution in [3.05, 3.63) is 58.7 Å². The molecule has 0 fully saturated rings. The summed E-state index contributed by atoms with van der Waals surface area (Å²) >= 11 is 0. The van der Waals surface area contributed by atoms with E-state index in [1.807, 2.05) is 64.1 Å². The molecule has 1 aliphatic heterocycles. The van der Waals surface area contributed by atoms with Crippen LogP contribution in [0.15, 0.2) is 36.4 Å². The molecule has 3 N–H and O–H groups in total. The van der Waals surface area contributed by atoms with Crippen molar-refractivity contribution in [2.45, 2.75) is 45.8 Å². The topological polar surface area (TPSA) is 64.3 Å². The number of hydrogen-bond donors (Lipinski definition) is 2. The van der Waals surface area contributed by atoms with Gasteiger partial charge in [0.25, 0.3) is 5.91 Å². The lowest BCUT2D eigenvalue weighted by atomic mass is 9.89. The first-order valence-electron chi connectivity index (χ1n) is 8.22. The number of nitrogens with one attached hydrogen (secondary N) is 1. The second-order valence-corrected chi connectivity index (χ2v) is 7.21. The van der Waals surface area contributed by atoms with E-state index in [1.54, 1.807) is 0 Å². The highest BCUT2D eigenvalue weighted by Crippen LogP contribution is 2.40. The monoisotopic (exact) mass is 360 g/mol. The van der Waals surface area contributed by atoms with Crippen LogP contribution < -0.4 is 15.8 Å². The third-order valence-electron chi connectivity index (χ3n) is 4.43. The Kier molecular flexibility index (Phi) is 5.33. The highest BCUT2D eigenvalue weighted by atomic mass is 35.5. The minimum Gasteiger partial charge on any atom is -0.487 e. The molecule has 4 nitrogen and oxygen atoms in total. The molecule has 1 aliphatic rings. The minimum absolute atomic E-state index is 0. The van der Waals surface area contributed by atoms with Crippen LogP contribution in [0, 0.1) is 13.8 Å². The Morgan fingerprint density at radius 2 is 1.92 bits per heavy atom. The number of ether oxygens (including phenoxy) is 1. The van der Waals surface area contributed by atoms with Crippen LogP contribution in [-0.2, 0) is 0 Å². The van der Waals surface area contributed by atoms with Crippen LogP contribution in [0.4, 0.5) is 5.69 Å². The molecular formula is C20H25ClN2O2. The van der Waals surface area contributed by atoms with Crippen LogP contribution in [0.5, 0.6) is 5.75 Å². The van der Waals surface area contributed by atoms with Gasteiger partial charge in [-0.3, -0.25) is 4.79 Å². The van der Waals surface area contributed by atoms with E-state index in [1.165, 1.54) is 0 Å². The predicted molar refractivity (Wildman–Crippen MR) is 104 cm³/mol. The van der Waals surface area contributed by atoms with Crippen LogP contribution in [0.1, 0.15) is 53.4 Å². The molecule has 0 saturated carbocycles. The highest BCUT2D eigenvalue weighted by molar-refractivity contribution is 5.96. The number of aryl methyl sites for hydroxylation is 2. The number of nitrogens with two attached hydrogens (primary N) is 1. The number of hydrogen-bond acceptors (Lipinski definition) is 3. The number of benzene rings is 2. The molecule has 1 atom stereocenters. The molecule has 25 heavy (non-hydrogen) atoms. The molecule has 0 aromatic heterocycles. The number of rotatable bonds is 2. The molecule has 0 spiro atoms. The second kappa shape index (κ2) is 6.96. The van der Waals surface area contributed by atoms with Crippen LogP contribution >= 0.6 is 12.4 Å². The van der Waals surface area contributed by atoms with E-state index < -0.39 is 0 Å². The summed E-state index contributed by atoms with van der Waals surface area (Å²) in [5.41, 5.74) is 9.95. The Morgan fingerprint density at radius 1 is 1.20 bits per heavy atom. The third kappa shape index (κ3) is 4.07. The van der Waals surface area contributed by atoms with Crippen LogP contribution in [0.25, 0.3) is 0 Å². The lowest BCUT2D eigenvalue weighted by molar-refractivity contribution is 0.0620. The summed E-state index contributed by atoms with van der Waals surface area (Å²) in [6, 6.07) is 11.4. The molecule has 0 aliphatic carbocycles. The summed E-state index contributed by atoms with van der Waals surface area (Å²) in [4.78, 5) is 12.8. The molecule has 2 aromatic carbocycles. The highest BCUT2D eigenvalue weighted by Gasteiger charge is 2.34. The summed E-state index contributed by atoms with van der Waals surface area (Å²) in [5.74, 6) is 0.721. The molecule has 5 heteroatoms. The summed E-state index contributed by atoms with van der Waals surface area (Å²) in [7, 11) is 0. The molecule has 1 heterocycles. The zero-order valence-electron chi connectivity index (χ0n) is 15.1. The average molecular weight is 361 g/mol. The number of halogens is 1. The maximum absolute atomic E-state index is 12.8. The fourth-order valence-corrected chi connectivity index (χ4v) is 3.22. The summed E-state index contributed by atoms with van der Waals surface area (Å²) in [6.07, 6.45) is 0.695. The van der Waals surface area contributed by atoms with E-state index in [0.717, 1.165) is 22.4 Å². The Hall–Kier alpha value is -2.20. The van der Waals surface area contributed by atoms with Crippen LogP contribution in [0.2, 0.25) is 0 Å². The zero-order chi connectivity index (χ0) is 17.5. The Morgan fingerprint density at radius 3 is 2.64 bits per heavy atom. The van der Waals surface area contributed by atoms with E-state index >= 15 is 0 Å². The van der Waals surface area contributed by atoms with Crippen LogP contribution in [-0.4, -0.2) is 11.5 Å². The first-order valence-corrected chi connectivity index (χ1v) is 8.22. The van der Waals surface area contributed by atoms with Gasteiger partial charge in [-0.2, -0.15) is 0 Å². The minimum atomic E-state index is -0.345. The van der Waals surface area contributed by atoms with Gasteiger partial charge in [0.05, 0.1) is 6.04 Å². The van der Waals surface area contributed by atoms with E-state index in [0.29, 0.717) is 17.7 Å². The first kappa shape index (κ1) is 19.1. The summed E-state index contributed by atoms with van der Waals surface area (Å²) in [6.45, 7) is 8.00. The Labute approximate surface area is 155 Å².